The van der Waals surface area contributed by atoms with Crippen LogP contribution in [-0.2, 0) is 16.4 Å². The number of anilines is 1. The molecule has 3 N–H and O–H groups in total. The van der Waals surface area contributed by atoms with Gasteiger partial charge in [0.15, 0.2) is 0 Å². The van der Waals surface area contributed by atoms with E-state index in [1.807, 2.05) is 42.0 Å². The highest BCUT2D eigenvalue weighted by Crippen LogP contribution is 2.17. The summed E-state index contributed by atoms with van der Waals surface area (Å²) in [7, 11) is -2.30. The maximum Gasteiger partial charge on any atom is 0.328 e. The molecular weight excluding hydrogens is 442 g/mol. The Morgan fingerprint density at radius 2 is 1.67 bits per heavy atom. The third kappa shape index (κ3) is 6.42. The smallest absolute Gasteiger partial charge is 0.328 e. The lowest BCUT2D eigenvalue weighted by molar-refractivity contribution is 0.245. The summed E-state index contributed by atoms with van der Waals surface area (Å²) >= 11 is 0. The van der Waals surface area contributed by atoms with Crippen molar-refractivity contribution in [2.24, 2.45) is 0 Å². The van der Waals surface area contributed by atoms with Crippen molar-refractivity contribution >= 4 is 38.8 Å². The van der Waals surface area contributed by atoms with Crippen LogP contribution in [0.3, 0.4) is 0 Å². The quantitative estimate of drug-likeness (QED) is 0.468. The summed E-state index contributed by atoms with van der Waals surface area (Å²) in [5, 5.41) is 6.29. The van der Waals surface area contributed by atoms with E-state index in [0.717, 1.165) is 16.5 Å². The Morgan fingerprint density at radius 1 is 0.939 bits per heavy atom. The Balaban J connectivity index is 1.52. The van der Waals surface area contributed by atoms with Gasteiger partial charge in [0.25, 0.3) is 10.0 Å². The zero-order valence-electron chi connectivity index (χ0n) is 18.5. The van der Waals surface area contributed by atoms with E-state index in [1.54, 1.807) is 25.2 Å². The van der Waals surface area contributed by atoms with Gasteiger partial charge in [-0.3, -0.25) is 4.90 Å². The Kier molecular flexibility index (Phi) is 7.83. The molecule has 3 aromatic rings. The van der Waals surface area contributed by atoms with Crippen LogP contribution in [0.5, 0.6) is 0 Å². The number of carbonyl (C=O) groups excluding carboxylic acids is 2. The summed E-state index contributed by atoms with van der Waals surface area (Å²) in [6.45, 7) is 2.62. The number of para-hydroxylation sites is 1. The third-order valence-corrected chi connectivity index (χ3v) is 6.27. The Bertz CT molecular complexity index is 1230. The number of hydrogen-bond acceptors (Lipinski definition) is 5. The van der Waals surface area contributed by atoms with Crippen molar-refractivity contribution in [3.05, 3.63) is 66.2 Å². The molecule has 0 aliphatic rings. The molecule has 10 heteroatoms. The van der Waals surface area contributed by atoms with Crippen LogP contribution in [-0.4, -0.2) is 45.6 Å². The highest BCUT2D eigenvalue weighted by molar-refractivity contribution is 7.90. The standard InChI is InChI=1S/C23H27N5O4S/c1-3-15-24-22(29)27-33(31,32)19-11-8-17(9-12-19)14-16-25-23(30)28(2)21-13-10-18-6-4-5-7-20(18)26-21/h4-13H,3,14-16H2,1-2H3,(H,25,30)(H2,24,27,29). The van der Waals surface area contributed by atoms with E-state index in [2.05, 4.69) is 15.6 Å². The van der Waals surface area contributed by atoms with E-state index in [4.69, 9.17) is 0 Å². The molecule has 0 bridgehead atoms. The van der Waals surface area contributed by atoms with Gasteiger partial charge in [-0.25, -0.2) is 27.7 Å². The molecule has 0 radical (unpaired) electrons. The van der Waals surface area contributed by atoms with E-state index in [-0.39, 0.29) is 10.9 Å². The SMILES string of the molecule is CCCNC(=O)NS(=O)(=O)c1ccc(CCNC(=O)N(C)c2ccc3ccccc3n2)cc1. The van der Waals surface area contributed by atoms with Gasteiger partial charge in [-0.15, -0.1) is 0 Å². The number of urea groups is 2. The minimum Gasteiger partial charge on any atom is -0.337 e. The van der Waals surface area contributed by atoms with E-state index in [9.17, 15) is 18.0 Å². The minimum absolute atomic E-state index is 0.0101. The predicted molar refractivity (Wildman–Crippen MR) is 128 cm³/mol. The van der Waals surface area contributed by atoms with Crippen molar-refractivity contribution in [2.45, 2.75) is 24.7 Å². The second-order valence-corrected chi connectivity index (χ2v) is 9.09. The first-order valence-corrected chi connectivity index (χ1v) is 12.1. The molecule has 0 spiro atoms. The number of sulfonamides is 1. The number of benzene rings is 2. The number of hydrogen-bond donors (Lipinski definition) is 3. The van der Waals surface area contributed by atoms with Crippen LogP contribution in [0.1, 0.15) is 18.9 Å². The molecule has 174 valence electrons. The highest BCUT2D eigenvalue weighted by atomic mass is 32.2. The zero-order chi connectivity index (χ0) is 23.8. The van der Waals surface area contributed by atoms with Crippen LogP contribution in [0.25, 0.3) is 10.9 Å². The van der Waals surface area contributed by atoms with Gasteiger partial charge in [0.05, 0.1) is 10.4 Å². The maximum absolute atomic E-state index is 12.5. The number of rotatable bonds is 8. The molecule has 0 fully saturated rings. The maximum atomic E-state index is 12.5. The molecule has 0 atom stereocenters. The van der Waals surface area contributed by atoms with E-state index in [1.165, 1.54) is 17.0 Å². The number of pyridine rings is 1. The van der Waals surface area contributed by atoms with Crippen LogP contribution in [0.2, 0.25) is 0 Å². The summed E-state index contributed by atoms with van der Waals surface area (Å²) in [4.78, 5) is 30.1. The van der Waals surface area contributed by atoms with Gasteiger partial charge < -0.3 is 10.6 Å². The first-order valence-electron chi connectivity index (χ1n) is 10.6. The van der Waals surface area contributed by atoms with E-state index in [0.29, 0.717) is 31.7 Å². The topological polar surface area (TPSA) is 120 Å². The Labute approximate surface area is 193 Å². The second kappa shape index (κ2) is 10.8. The monoisotopic (exact) mass is 469 g/mol. The van der Waals surface area contributed by atoms with Crippen molar-refractivity contribution in [3.8, 4) is 0 Å². The largest absolute Gasteiger partial charge is 0.337 e. The molecule has 3 rings (SSSR count). The molecule has 0 aliphatic heterocycles. The number of carbonyl (C=O) groups is 2. The first kappa shape index (κ1) is 24.0. The Morgan fingerprint density at radius 3 is 2.39 bits per heavy atom. The van der Waals surface area contributed by atoms with Gasteiger partial charge in [0, 0.05) is 25.5 Å². The number of fused-ring (bicyclic) bond motifs is 1. The molecule has 4 amide bonds. The summed E-state index contributed by atoms with van der Waals surface area (Å²) in [6.07, 6.45) is 1.21. The minimum atomic E-state index is -3.94. The lowest BCUT2D eigenvalue weighted by Crippen LogP contribution is -2.39. The summed E-state index contributed by atoms with van der Waals surface area (Å²) in [5.41, 5.74) is 1.65. The van der Waals surface area contributed by atoms with Crippen molar-refractivity contribution in [3.63, 3.8) is 0 Å². The van der Waals surface area contributed by atoms with Gasteiger partial charge in [-0.05, 0) is 48.7 Å². The fraction of sp³-hybridized carbons (Fsp3) is 0.261. The average molecular weight is 470 g/mol. The lowest BCUT2D eigenvalue weighted by atomic mass is 10.1. The van der Waals surface area contributed by atoms with Gasteiger partial charge in [0.1, 0.15) is 5.82 Å². The average Bonchev–Trinajstić information content (AvgIpc) is 2.82. The normalized spacial score (nSPS) is 11.1. The molecule has 1 heterocycles. The van der Waals surface area contributed by atoms with Gasteiger partial charge in [-0.1, -0.05) is 37.3 Å². The number of nitrogens with one attached hydrogen (secondary N) is 3. The summed E-state index contributed by atoms with van der Waals surface area (Å²) in [6, 6.07) is 16.5. The molecule has 1 aromatic heterocycles. The van der Waals surface area contributed by atoms with Gasteiger partial charge in [0.2, 0.25) is 0 Å². The van der Waals surface area contributed by atoms with Crippen molar-refractivity contribution in [1.82, 2.24) is 20.3 Å². The number of aromatic nitrogens is 1. The van der Waals surface area contributed by atoms with E-state index < -0.39 is 16.1 Å². The summed E-state index contributed by atoms with van der Waals surface area (Å²) in [5.74, 6) is 0.538. The van der Waals surface area contributed by atoms with Gasteiger partial charge in [-0.2, -0.15) is 0 Å². The summed E-state index contributed by atoms with van der Waals surface area (Å²) < 4.78 is 26.5. The van der Waals surface area contributed by atoms with Crippen LogP contribution >= 0.6 is 0 Å². The molecule has 0 saturated heterocycles. The zero-order valence-corrected chi connectivity index (χ0v) is 19.4. The molecule has 9 nitrogen and oxygen atoms in total. The fourth-order valence-corrected chi connectivity index (χ4v) is 4.00. The van der Waals surface area contributed by atoms with Crippen LogP contribution in [0.15, 0.2) is 65.6 Å². The predicted octanol–water partition coefficient (Wildman–Crippen LogP) is 3.02. The fourth-order valence-electron chi connectivity index (χ4n) is 3.07. The van der Waals surface area contributed by atoms with Crippen molar-refractivity contribution in [1.29, 1.82) is 0 Å². The van der Waals surface area contributed by atoms with Gasteiger partial charge >= 0.3 is 12.1 Å². The van der Waals surface area contributed by atoms with Crippen LogP contribution in [0, 0.1) is 0 Å². The molecule has 0 aliphatic carbocycles. The first-order chi connectivity index (χ1) is 15.8. The second-order valence-electron chi connectivity index (χ2n) is 7.41. The third-order valence-electron chi connectivity index (χ3n) is 4.92. The lowest BCUT2D eigenvalue weighted by Gasteiger charge is -2.17. The van der Waals surface area contributed by atoms with Crippen molar-refractivity contribution in [2.75, 3.05) is 25.0 Å². The number of nitrogens with zero attached hydrogens (tertiary/aromatic N) is 2. The molecule has 2 aromatic carbocycles. The molecule has 0 saturated carbocycles. The molecule has 33 heavy (non-hydrogen) atoms. The molecule has 0 unspecified atom stereocenters. The highest BCUT2D eigenvalue weighted by Gasteiger charge is 2.17. The number of amides is 4. The van der Waals surface area contributed by atoms with Crippen molar-refractivity contribution < 1.29 is 18.0 Å². The molecular formula is C23H27N5O4S. The van der Waals surface area contributed by atoms with Crippen LogP contribution in [0.4, 0.5) is 15.4 Å². The van der Waals surface area contributed by atoms with Crippen LogP contribution < -0.4 is 20.3 Å². The van der Waals surface area contributed by atoms with E-state index >= 15 is 0 Å². The Hall–Kier alpha value is -3.66.